The molecule has 0 bridgehead atoms. The highest BCUT2D eigenvalue weighted by Gasteiger charge is 2.23. The van der Waals surface area contributed by atoms with Crippen LogP contribution in [-0.4, -0.2) is 96.5 Å². The van der Waals surface area contributed by atoms with Crippen LogP contribution < -0.4 is 20.1 Å². The molecule has 4 aromatic carbocycles. The number of aliphatic hydroxyl groups excluding tert-OH is 2. The fourth-order valence-electron chi connectivity index (χ4n) is 5.23. The summed E-state index contributed by atoms with van der Waals surface area (Å²) in [5.41, 5.74) is 2.17. The first-order valence-electron chi connectivity index (χ1n) is 15.4. The first-order valence-corrected chi connectivity index (χ1v) is 15.4. The van der Waals surface area contributed by atoms with Crippen LogP contribution in [0.4, 0.5) is 11.4 Å². The molecule has 5 rings (SSSR count). The van der Waals surface area contributed by atoms with Crippen molar-refractivity contribution in [3.05, 3.63) is 120 Å². The quantitative estimate of drug-likeness (QED) is 0.166. The van der Waals surface area contributed by atoms with E-state index in [0.717, 1.165) is 26.2 Å². The van der Waals surface area contributed by atoms with Gasteiger partial charge in [-0.25, -0.2) is 0 Å². The highest BCUT2D eigenvalue weighted by molar-refractivity contribution is 6.06. The molecule has 0 unspecified atom stereocenters. The lowest BCUT2D eigenvalue weighted by Gasteiger charge is -2.36. The van der Waals surface area contributed by atoms with Crippen LogP contribution in [0.25, 0.3) is 0 Å². The summed E-state index contributed by atoms with van der Waals surface area (Å²) in [7, 11) is 0. The van der Waals surface area contributed by atoms with Gasteiger partial charge in [-0.15, -0.1) is 0 Å². The molecule has 0 saturated carbocycles. The van der Waals surface area contributed by atoms with Crippen molar-refractivity contribution in [2.75, 3.05) is 63.1 Å². The number of piperazine rings is 1. The van der Waals surface area contributed by atoms with E-state index in [2.05, 4.69) is 20.4 Å². The maximum atomic E-state index is 12.8. The van der Waals surface area contributed by atoms with Crippen LogP contribution in [0.15, 0.2) is 109 Å². The molecule has 4 aromatic rings. The fraction of sp³-hybridized carbons (Fsp3) is 0.278. The van der Waals surface area contributed by atoms with Gasteiger partial charge >= 0.3 is 0 Å². The van der Waals surface area contributed by atoms with Crippen molar-refractivity contribution in [3.63, 3.8) is 0 Å². The Balaban J connectivity index is 1.02. The van der Waals surface area contributed by atoms with Crippen molar-refractivity contribution in [3.8, 4) is 11.5 Å². The molecule has 2 atom stereocenters. The van der Waals surface area contributed by atoms with Crippen LogP contribution in [0.3, 0.4) is 0 Å². The number of amides is 2. The predicted octanol–water partition coefficient (Wildman–Crippen LogP) is 3.99. The van der Waals surface area contributed by atoms with Crippen LogP contribution in [0, 0.1) is 0 Å². The Hall–Kier alpha value is -4.74. The van der Waals surface area contributed by atoms with Gasteiger partial charge in [0.2, 0.25) is 0 Å². The van der Waals surface area contributed by atoms with Crippen LogP contribution in [-0.2, 0) is 0 Å². The number of anilines is 2. The Morgan fingerprint density at radius 3 is 1.30 bits per heavy atom. The van der Waals surface area contributed by atoms with E-state index in [0.29, 0.717) is 47.1 Å². The van der Waals surface area contributed by atoms with Gasteiger partial charge in [-0.3, -0.25) is 19.4 Å². The summed E-state index contributed by atoms with van der Waals surface area (Å²) >= 11 is 0. The molecule has 1 fully saturated rings. The molecule has 1 aliphatic rings. The van der Waals surface area contributed by atoms with Crippen molar-refractivity contribution in [2.45, 2.75) is 12.2 Å². The number of nitrogens with one attached hydrogen (secondary N) is 2. The first-order chi connectivity index (χ1) is 22.4. The van der Waals surface area contributed by atoms with Crippen molar-refractivity contribution in [1.29, 1.82) is 0 Å². The molecular weight excluding hydrogens is 584 g/mol. The van der Waals surface area contributed by atoms with Crippen molar-refractivity contribution < 1.29 is 29.3 Å². The number of benzene rings is 4. The summed E-state index contributed by atoms with van der Waals surface area (Å²) in [4.78, 5) is 29.9. The lowest BCUT2D eigenvalue weighted by Crippen LogP contribution is -2.51. The highest BCUT2D eigenvalue weighted by atomic mass is 16.5. The van der Waals surface area contributed by atoms with Crippen LogP contribution >= 0.6 is 0 Å². The molecule has 1 heterocycles. The number of β-amino-alcohol motifs (C(OH)–C–C–N with tert-alkyl or cyclic N) is 2. The monoisotopic (exact) mass is 624 g/mol. The molecule has 240 valence electrons. The number of hydrogen-bond acceptors (Lipinski definition) is 8. The first kappa shape index (κ1) is 32.6. The van der Waals surface area contributed by atoms with Gasteiger partial charge in [0.25, 0.3) is 11.8 Å². The molecule has 0 spiro atoms. The Bertz CT molecular complexity index is 1430. The van der Waals surface area contributed by atoms with E-state index in [4.69, 9.17) is 9.47 Å². The van der Waals surface area contributed by atoms with E-state index in [1.54, 1.807) is 48.5 Å². The largest absolute Gasteiger partial charge is 0.490 e. The van der Waals surface area contributed by atoms with Gasteiger partial charge in [0.05, 0.1) is 11.1 Å². The van der Waals surface area contributed by atoms with E-state index in [1.807, 2.05) is 60.7 Å². The number of carbonyl (C=O) groups is 2. The summed E-state index contributed by atoms with van der Waals surface area (Å²) in [6.07, 6.45) is -1.48. The van der Waals surface area contributed by atoms with Crippen LogP contribution in [0.5, 0.6) is 11.5 Å². The Morgan fingerprint density at radius 2 is 0.913 bits per heavy atom. The molecule has 0 aliphatic carbocycles. The highest BCUT2D eigenvalue weighted by Crippen LogP contribution is 2.22. The van der Waals surface area contributed by atoms with Gasteiger partial charge in [0, 0.05) is 50.6 Å². The Morgan fingerprint density at radius 1 is 0.565 bits per heavy atom. The van der Waals surface area contributed by atoms with Crippen molar-refractivity contribution in [2.24, 2.45) is 0 Å². The molecule has 46 heavy (non-hydrogen) atoms. The lowest BCUT2D eigenvalue weighted by molar-refractivity contribution is 0.0239. The van der Waals surface area contributed by atoms with Crippen molar-refractivity contribution >= 4 is 23.2 Å². The van der Waals surface area contributed by atoms with Gasteiger partial charge in [-0.2, -0.15) is 0 Å². The molecule has 0 aromatic heterocycles. The summed E-state index contributed by atoms with van der Waals surface area (Å²) in [6, 6.07) is 32.4. The van der Waals surface area contributed by atoms with Crippen LogP contribution in [0.1, 0.15) is 20.7 Å². The zero-order chi connectivity index (χ0) is 32.1. The standard InChI is InChI=1S/C36H40N4O6/c41-29(25-45-33-17-9-7-15-31(33)35(43)37-27-11-3-1-4-12-27)23-39-19-21-40(22-20-39)24-30(42)26-46-34-18-10-8-16-32(34)36(44)38-28-13-5-2-6-14-28/h1-18,29-30,41-42H,19-26H2,(H,37,43)(H,38,44)/t29-,30-/m1/s1. The summed E-state index contributed by atoms with van der Waals surface area (Å²) in [5, 5.41) is 27.1. The van der Waals surface area contributed by atoms with E-state index in [-0.39, 0.29) is 25.0 Å². The fourth-order valence-corrected chi connectivity index (χ4v) is 5.23. The zero-order valence-electron chi connectivity index (χ0n) is 25.6. The predicted molar refractivity (Wildman–Crippen MR) is 178 cm³/mol. The van der Waals surface area contributed by atoms with Gasteiger partial charge < -0.3 is 30.3 Å². The lowest BCUT2D eigenvalue weighted by atomic mass is 10.1. The average Bonchev–Trinajstić information content (AvgIpc) is 3.08. The summed E-state index contributed by atoms with van der Waals surface area (Å²) in [5.74, 6) is 0.265. The van der Waals surface area contributed by atoms with E-state index in [1.165, 1.54) is 0 Å². The number of nitrogens with zero attached hydrogens (tertiary/aromatic N) is 2. The van der Waals surface area contributed by atoms with Gasteiger partial charge in [0.15, 0.2) is 0 Å². The van der Waals surface area contributed by atoms with Gasteiger partial charge in [-0.1, -0.05) is 60.7 Å². The normalized spacial score (nSPS) is 15.0. The smallest absolute Gasteiger partial charge is 0.259 e. The number of carbonyl (C=O) groups excluding carboxylic acids is 2. The van der Waals surface area contributed by atoms with E-state index < -0.39 is 12.2 Å². The third-order valence-electron chi connectivity index (χ3n) is 7.59. The number of rotatable bonds is 14. The van der Waals surface area contributed by atoms with Crippen LogP contribution in [0.2, 0.25) is 0 Å². The topological polar surface area (TPSA) is 124 Å². The second-order valence-corrected chi connectivity index (χ2v) is 11.2. The third kappa shape index (κ3) is 9.63. The number of ether oxygens (including phenoxy) is 2. The van der Waals surface area contributed by atoms with Crippen molar-refractivity contribution in [1.82, 2.24) is 9.80 Å². The SMILES string of the molecule is O=C(Nc1ccccc1)c1ccccc1OC[C@H](O)CN1CCN(C[C@@H](O)COc2ccccc2C(=O)Nc2ccccc2)CC1. The minimum absolute atomic E-state index is 0.0523. The second kappa shape index (κ2) is 16.5. The molecule has 10 heteroatoms. The molecule has 1 saturated heterocycles. The molecular formula is C36H40N4O6. The molecule has 1 aliphatic heterocycles. The maximum absolute atomic E-state index is 12.8. The molecule has 4 N–H and O–H groups in total. The third-order valence-corrected chi connectivity index (χ3v) is 7.59. The molecule has 10 nitrogen and oxygen atoms in total. The minimum Gasteiger partial charge on any atom is -0.490 e. The molecule has 2 amide bonds. The zero-order valence-corrected chi connectivity index (χ0v) is 25.6. The summed E-state index contributed by atoms with van der Waals surface area (Å²) < 4.78 is 11.7. The molecule has 0 radical (unpaired) electrons. The average molecular weight is 625 g/mol. The van der Waals surface area contributed by atoms with E-state index >= 15 is 0 Å². The number of hydrogen-bond donors (Lipinski definition) is 4. The van der Waals surface area contributed by atoms with Gasteiger partial charge in [0.1, 0.15) is 36.9 Å². The maximum Gasteiger partial charge on any atom is 0.259 e. The summed E-state index contributed by atoms with van der Waals surface area (Å²) in [6.45, 7) is 3.87. The Kier molecular flexibility index (Phi) is 11.7. The minimum atomic E-state index is -0.741. The van der Waals surface area contributed by atoms with E-state index in [9.17, 15) is 19.8 Å². The number of para-hydroxylation sites is 4. The number of aliphatic hydroxyl groups is 2. The van der Waals surface area contributed by atoms with Gasteiger partial charge in [-0.05, 0) is 48.5 Å². The Labute approximate surface area is 269 Å². The second-order valence-electron chi connectivity index (χ2n) is 11.2.